The molecule has 2 amide bonds. The summed E-state index contributed by atoms with van der Waals surface area (Å²) in [5.41, 5.74) is -0.572. The summed E-state index contributed by atoms with van der Waals surface area (Å²) < 4.78 is 5.26. The van der Waals surface area contributed by atoms with E-state index in [9.17, 15) is 9.59 Å². The lowest BCUT2D eigenvalue weighted by Gasteiger charge is -2.31. The Kier molecular flexibility index (Phi) is 7.36. The van der Waals surface area contributed by atoms with Crippen molar-refractivity contribution in [3.05, 3.63) is 0 Å². The van der Waals surface area contributed by atoms with E-state index in [4.69, 9.17) is 4.74 Å². The number of ether oxygens (including phenoxy) is 1. The second kappa shape index (κ2) is 8.55. The Balaban J connectivity index is 2.58. The first-order chi connectivity index (χ1) is 10.6. The largest absolute Gasteiger partial charge is 0.444 e. The van der Waals surface area contributed by atoms with Crippen molar-refractivity contribution in [1.29, 1.82) is 0 Å². The summed E-state index contributed by atoms with van der Waals surface area (Å²) in [5, 5.41) is 5.80. The highest BCUT2D eigenvalue weighted by atomic mass is 16.6. The highest BCUT2D eigenvalue weighted by Crippen LogP contribution is 2.26. The summed E-state index contributed by atoms with van der Waals surface area (Å²) in [4.78, 5) is 24.5. The molecule has 0 aromatic rings. The molecule has 23 heavy (non-hydrogen) atoms. The molecule has 2 atom stereocenters. The number of hydrogen-bond acceptors (Lipinski definition) is 3. The van der Waals surface area contributed by atoms with E-state index in [0.717, 1.165) is 0 Å². The van der Waals surface area contributed by atoms with E-state index < -0.39 is 17.7 Å². The van der Waals surface area contributed by atoms with Gasteiger partial charge in [0.25, 0.3) is 0 Å². The number of amides is 2. The zero-order valence-corrected chi connectivity index (χ0v) is 15.6. The van der Waals surface area contributed by atoms with Crippen molar-refractivity contribution < 1.29 is 14.3 Å². The molecule has 0 aromatic heterocycles. The summed E-state index contributed by atoms with van der Waals surface area (Å²) in [5.74, 6) is 0.423. The number of carbonyl (C=O) groups excluding carboxylic acids is 2. The fraction of sp³-hybridized carbons (Fsp3) is 0.889. The van der Waals surface area contributed by atoms with Crippen molar-refractivity contribution >= 4 is 12.0 Å². The second-order valence-corrected chi connectivity index (χ2v) is 8.06. The topological polar surface area (TPSA) is 67.4 Å². The normalized spacial score (nSPS) is 19.1. The Bertz CT molecular complexity index is 396. The van der Waals surface area contributed by atoms with Gasteiger partial charge in [-0.15, -0.1) is 0 Å². The molecule has 0 bridgehead atoms. The molecule has 0 radical (unpaired) electrons. The lowest BCUT2D eigenvalue weighted by atomic mass is 9.84. The molecule has 1 aliphatic carbocycles. The zero-order chi connectivity index (χ0) is 17.6. The van der Waals surface area contributed by atoms with Crippen LogP contribution in [0.15, 0.2) is 0 Å². The van der Waals surface area contributed by atoms with Crippen LogP contribution >= 0.6 is 0 Å². The van der Waals surface area contributed by atoms with Crippen molar-refractivity contribution in [2.75, 3.05) is 0 Å². The number of rotatable bonds is 5. The van der Waals surface area contributed by atoms with Crippen molar-refractivity contribution in [3.8, 4) is 0 Å². The molecule has 5 nitrogen and oxygen atoms in total. The summed E-state index contributed by atoms with van der Waals surface area (Å²) in [7, 11) is 0. The highest BCUT2D eigenvalue weighted by Gasteiger charge is 2.29. The van der Waals surface area contributed by atoms with E-state index >= 15 is 0 Å². The van der Waals surface area contributed by atoms with Gasteiger partial charge in [0.1, 0.15) is 11.6 Å². The maximum absolute atomic E-state index is 12.6. The van der Waals surface area contributed by atoms with Gasteiger partial charge >= 0.3 is 6.09 Å². The minimum Gasteiger partial charge on any atom is -0.444 e. The maximum atomic E-state index is 12.6. The van der Waals surface area contributed by atoms with Crippen LogP contribution in [0.2, 0.25) is 0 Å². The fourth-order valence-corrected chi connectivity index (χ4v) is 3.04. The summed E-state index contributed by atoms with van der Waals surface area (Å²) >= 11 is 0. The second-order valence-electron chi connectivity index (χ2n) is 8.06. The SMILES string of the molecule is CC(C)[C@@H](NC(=O)OC(C)(C)C)C(=O)N[C@@H](C)C1CCCCC1. The number of alkyl carbamates (subject to hydrolysis) is 1. The monoisotopic (exact) mass is 326 g/mol. The van der Waals surface area contributed by atoms with Crippen LogP contribution in [0.3, 0.4) is 0 Å². The number of nitrogens with one attached hydrogen (secondary N) is 2. The maximum Gasteiger partial charge on any atom is 0.408 e. The molecule has 1 rings (SSSR count). The van der Waals surface area contributed by atoms with Crippen LogP contribution in [-0.2, 0) is 9.53 Å². The van der Waals surface area contributed by atoms with Gasteiger partial charge in [-0.2, -0.15) is 0 Å². The minimum absolute atomic E-state index is 0.000995. The van der Waals surface area contributed by atoms with Gasteiger partial charge in [0.05, 0.1) is 0 Å². The van der Waals surface area contributed by atoms with Gasteiger partial charge in [-0.3, -0.25) is 4.79 Å². The molecule has 2 N–H and O–H groups in total. The Hall–Kier alpha value is -1.26. The van der Waals surface area contributed by atoms with Crippen molar-refractivity contribution in [3.63, 3.8) is 0 Å². The van der Waals surface area contributed by atoms with Gasteiger partial charge < -0.3 is 15.4 Å². The molecule has 5 heteroatoms. The highest BCUT2D eigenvalue weighted by molar-refractivity contribution is 5.86. The smallest absolute Gasteiger partial charge is 0.408 e. The van der Waals surface area contributed by atoms with Gasteiger partial charge in [-0.25, -0.2) is 4.79 Å². The average molecular weight is 326 g/mol. The van der Waals surface area contributed by atoms with E-state index in [-0.39, 0.29) is 17.9 Å². The predicted octanol–water partition coefficient (Wildman–Crippen LogP) is 3.62. The van der Waals surface area contributed by atoms with Crippen LogP contribution in [0.5, 0.6) is 0 Å². The van der Waals surface area contributed by atoms with Crippen LogP contribution in [0.4, 0.5) is 4.79 Å². The molecular weight excluding hydrogens is 292 g/mol. The molecule has 0 aliphatic heterocycles. The molecular formula is C18H34N2O3. The molecule has 1 aliphatic rings. The van der Waals surface area contributed by atoms with Crippen molar-refractivity contribution in [1.82, 2.24) is 10.6 Å². The molecule has 1 saturated carbocycles. The van der Waals surface area contributed by atoms with E-state index in [1.165, 1.54) is 32.1 Å². The Morgan fingerprint density at radius 1 is 1.00 bits per heavy atom. The summed E-state index contributed by atoms with van der Waals surface area (Å²) in [6, 6.07) is -0.430. The van der Waals surface area contributed by atoms with Crippen LogP contribution in [-0.4, -0.2) is 29.7 Å². The molecule has 134 valence electrons. The standard InChI is InChI=1S/C18H34N2O3/c1-12(2)15(20-17(22)23-18(4,5)6)16(21)19-13(3)14-10-8-7-9-11-14/h12-15H,7-11H2,1-6H3,(H,19,21)(H,20,22)/t13-,15+/m0/s1. The molecule has 0 saturated heterocycles. The fourth-order valence-electron chi connectivity index (χ4n) is 3.04. The number of carbonyl (C=O) groups is 2. The first-order valence-corrected chi connectivity index (χ1v) is 8.90. The number of hydrogen-bond donors (Lipinski definition) is 2. The van der Waals surface area contributed by atoms with Crippen molar-refractivity contribution in [2.24, 2.45) is 11.8 Å². The summed E-state index contributed by atoms with van der Waals surface area (Å²) in [6.07, 6.45) is 5.59. The third-order valence-corrected chi connectivity index (χ3v) is 4.35. The van der Waals surface area contributed by atoms with Crippen LogP contribution in [0.25, 0.3) is 0 Å². The summed E-state index contributed by atoms with van der Waals surface area (Å²) in [6.45, 7) is 11.3. The Morgan fingerprint density at radius 3 is 2.04 bits per heavy atom. The van der Waals surface area contributed by atoms with Gasteiger partial charge in [0.15, 0.2) is 0 Å². The first kappa shape index (κ1) is 19.8. The molecule has 0 heterocycles. The average Bonchev–Trinajstić information content (AvgIpc) is 2.43. The van der Waals surface area contributed by atoms with E-state index in [1.54, 1.807) is 0 Å². The lowest BCUT2D eigenvalue weighted by Crippen LogP contribution is -2.53. The molecule has 1 fully saturated rings. The van der Waals surface area contributed by atoms with Gasteiger partial charge in [-0.05, 0) is 52.4 Å². The van der Waals surface area contributed by atoms with E-state index in [1.807, 2.05) is 34.6 Å². The molecule has 0 unspecified atom stereocenters. The van der Waals surface area contributed by atoms with Gasteiger partial charge in [0, 0.05) is 6.04 Å². The van der Waals surface area contributed by atoms with E-state index in [0.29, 0.717) is 5.92 Å². The van der Waals surface area contributed by atoms with Crippen LogP contribution in [0, 0.1) is 11.8 Å². The van der Waals surface area contributed by atoms with Gasteiger partial charge in [0.2, 0.25) is 5.91 Å². The predicted molar refractivity (Wildman–Crippen MR) is 92.2 cm³/mol. The quantitative estimate of drug-likeness (QED) is 0.811. The Morgan fingerprint density at radius 2 is 1.57 bits per heavy atom. The van der Waals surface area contributed by atoms with E-state index in [2.05, 4.69) is 17.6 Å². The van der Waals surface area contributed by atoms with Crippen LogP contribution < -0.4 is 10.6 Å². The minimum atomic E-state index is -0.573. The molecule has 0 spiro atoms. The van der Waals surface area contributed by atoms with Crippen LogP contribution in [0.1, 0.15) is 73.6 Å². The van der Waals surface area contributed by atoms with Gasteiger partial charge in [-0.1, -0.05) is 33.1 Å². The first-order valence-electron chi connectivity index (χ1n) is 8.90. The Labute approximate surface area is 140 Å². The lowest BCUT2D eigenvalue weighted by molar-refractivity contribution is -0.125. The third kappa shape index (κ3) is 7.23. The molecule has 0 aromatic carbocycles. The zero-order valence-electron chi connectivity index (χ0n) is 15.6. The van der Waals surface area contributed by atoms with Crippen molar-refractivity contribution in [2.45, 2.75) is 91.3 Å². The third-order valence-electron chi connectivity index (χ3n) is 4.35.